The summed E-state index contributed by atoms with van der Waals surface area (Å²) in [6, 6.07) is 9.57. The van der Waals surface area contributed by atoms with E-state index in [-0.39, 0.29) is 38.0 Å². The molecule has 0 aliphatic carbocycles. The van der Waals surface area contributed by atoms with Crippen molar-refractivity contribution in [3.63, 3.8) is 0 Å². The monoisotopic (exact) mass is 362 g/mol. The third-order valence-electron chi connectivity index (χ3n) is 2.82. The Kier molecular flexibility index (Phi) is 5.48. The molecular weight excluding hydrogens is 352 g/mol. The van der Waals surface area contributed by atoms with E-state index in [2.05, 4.69) is 0 Å². The first kappa shape index (κ1) is 17.9. The van der Waals surface area contributed by atoms with Crippen molar-refractivity contribution >= 4 is 21.8 Å². The summed E-state index contributed by atoms with van der Waals surface area (Å²) in [7, 11) is -3.81. The molecule has 2 aromatic rings. The smallest absolute Gasteiger partial charge is 0.335 e. The summed E-state index contributed by atoms with van der Waals surface area (Å²) >= 11 is 0. The third kappa shape index (κ3) is 3.54. The molecule has 0 bridgehead atoms. The zero-order valence-electron chi connectivity index (χ0n) is 10.9. The van der Waals surface area contributed by atoms with Crippen molar-refractivity contribution in [1.29, 1.82) is 0 Å². The van der Waals surface area contributed by atoms with E-state index in [9.17, 15) is 18.0 Å². The van der Waals surface area contributed by atoms with Gasteiger partial charge >= 0.3 is 11.9 Å². The maximum absolute atomic E-state index is 12.3. The first-order valence-electron chi connectivity index (χ1n) is 5.74. The summed E-state index contributed by atoms with van der Waals surface area (Å²) in [6.07, 6.45) is 0. The van der Waals surface area contributed by atoms with Gasteiger partial charge in [0.25, 0.3) is 0 Å². The molecule has 0 fully saturated rings. The van der Waals surface area contributed by atoms with Crippen LogP contribution >= 0.6 is 0 Å². The minimum Gasteiger partial charge on any atom is -0.478 e. The third-order valence-corrected chi connectivity index (χ3v) is 4.61. The van der Waals surface area contributed by atoms with Gasteiger partial charge < -0.3 is 10.2 Å². The molecule has 0 spiro atoms. The quantitative estimate of drug-likeness (QED) is 0.805. The van der Waals surface area contributed by atoms with Crippen LogP contribution in [0.1, 0.15) is 20.7 Å². The van der Waals surface area contributed by atoms with Crippen LogP contribution in [0.2, 0.25) is 0 Å². The molecule has 2 N–H and O–H groups in total. The van der Waals surface area contributed by atoms with Crippen molar-refractivity contribution in [3.05, 3.63) is 59.7 Å². The van der Waals surface area contributed by atoms with E-state index in [1.807, 2.05) is 0 Å². The van der Waals surface area contributed by atoms with Crippen molar-refractivity contribution in [3.8, 4) is 0 Å². The van der Waals surface area contributed by atoms with Crippen LogP contribution in [0.4, 0.5) is 0 Å². The van der Waals surface area contributed by atoms with E-state index in [1.54, 1.807) is 0 Å². The molecule has 0 heterocycles. The number of hydrogen-bond donors (Lipinski definition) is 2. The number of aromatic carboxylic acids is 2. The fourth-order valence-electron chi connectivity index (χ4n) is 1.69. The Morgan fingerprint density at radius 1 is 0.682 bits per heavy atom. The van der Waals surface area contributed by atoms with E-state index >= 15 is 0 Å². The molecule has 2 aromatic carbocycles. The zero-order valence-corrected chi connectivity index (χ0v) is 12.8. The summed E-state index contributed by atoms with van der Waals surface area (Å²) in [5.74, 6) is -2.30. The van der Waals surface area contributed by atoms with E-state index in [1.165, 1.54) is 48.5 Å². The Morgan fingerprint density at radius 3 is 1.18 bits per heavy atom. The Morgan fingerprint density at radius 2 is 0.955 bits per heavy atom. The minimum absolute atomic E-state index is 0. The molecule has 2 rings (SSSR count). The van der Waals surface area contributed by atoms with Crippen LogP contribution in [0, 0.1) is 0 Å². The molecule has 0 atom stereocenters. The van der Waals surface area contributed by atoms with Crippen LogP contribution in [-0.4, -0.2) is 30.6 Å². The van der Waals surface area contributed by atoms with E-state index in [0.717, 1.165) is 0 Å². The Balaban J connectivity index is 0.00000242. The van der Waals surface area contributed by atoms with E-state index in [0.29, 0.717) is 0 Å². The Bertz CT molecular complexity index is 731. The largest absolute Gasteiger partial charge is 0.478 e. The number of benzene rings is 2. The van der Waals surface area contributed by atoms with Crippen molar-refractivity contribution < 1.29 is 45.3 Å². The molecule has 0 saturated carbocycles. The predicted octanol–water partition coefficient (Wildman–Crippen LogP) is 1.91. The average Bonchev–Trinajstić information content (AvgIpc) is 2.47. The molecule has 6 nitrogen and oxygen atoms in total. The van der Waals surface area contributed by atoms with Crippen molar-refractivity contribution in [2.45, 2.75) is 9.79 Å². The first-order valence-corrected chi connectivity index (χ1v) is 7.22. The fourth-order valence-corrected chi connectivity index (χ4v) is 2.95. The number of hydrogen-bond acceptors (Lipinski definition) is 4. The second-order valence-corrected chi connectivity index (χ2v) is 6.11. The molecular formula is C14H10FeO6S. The van der Waals surface area contributed by atoms with Crippen LogP contribution in [0.15, 0.2) is 58.3 Å². The van der Waals surface area contributed by atoms with Crippen molar-refractivity contribution in [2.75, 3.05) is 0 Å². The van der Waals surface area contributed by atoms with Gasteiger partial charge in [-0.2, -0.15) is 0 Å². The van der Waals surface area contributed by atoms with Crippen LogP contribution in [0.3, 0.4) is 0 Å². The summed E-state index contributed by atoms with van der Waals surface area (Å²) in [5, 5.41) is 17.5. The van der Waals surface area contributed by atoms with E-state index in [4.69, 9.17) is 10.2 Å². The molecule has 0 aliphatic heterocycles. The fraction of sp³-hybridized carbons (Fsp3) is 0. The first-order chi connectivity index (χ1) is 9.82. The Labute approximate surface area is 136 Å². The molecule has 0 aromatic heterocycles. The predicted molar refractivity (Wildman–Crippen MR) is 72.3 cm³/mol. The molecule has 8 heteroatoms. The topological polar surface area (TPSA) is 109 Å². The summed E-state index contributed by atoms with van der Waals surface area (Å²) in [4.78, 5) is 21.3. The summed E-state index contributed by atoms with van der Waals surface area (Å²) < 4.78 is 24.6. The zero-order chi connectivity index (χ0) is 15.6. The van der Waals surface area contributed by atoms with Gasteiger partial charge in [-0.1, -0.05) is 0 Å². The van der Waals surface area contributed by atoms with E-state index < -0.39 is 21.8 Å². The SMILES string of the molecule is O=C(O)c1ccc(S(=O)(=O)c2ccc(C(=O)O)cc2)cc1.[Fe]. The normalized spacial score (nSPS) is 10.5. The second kappa shape index (κ2) is 6.74. The number of carbonyl (C=O) groups is 2. The number of sulfone groups is 1. The van der Waals surface area contributed by atoms with Crippen molar-refractivity contribution in [2.24, 2.45) is 0 Å². The van der Waals surface area contributed by atoms with Crippen LogP contribution in [-0.2, 0) is 26.9 Å². The van der Waals surface area contributed by atoms with Gasteiger partial charge in [-0.25, -0.2) is 18.0 Å². The van der Waals surface area contributed by atoms with Gasteiger partial charge in [-0.3, -0.25) is 0 Å². The minimum atomic E-state index is -3.81. The molecule has 22 heavy (non-hydrogen) atoms. The van der Waals surface area contributed by atoms with Gasteiger partial charge in [0.15, 0.2) is 0 Å². The van der Waals surface area contributed by atoms with Gasteiger partial charge in [0, 0.05) is 17.1 Å². The average molecular weight is 362 g/mol. The second-order valence-electron chi connectivity index (χ2n) is 4.16. The summed E-state index contributed by atoms with van der Waals surface area (Å²) in [6.45, 7) is 0. The van der Waals surface area contributed by atoms with Gasteiger partial charge in [0.05, 0.1) is 20.9 Å². The summed E-state index contributed by atoms with van der Waals surface area (Å²) in [5.41, 5.74) is -0.0367. The van der Waals surface area contributed by atoms with Crippen LogP contribution < -0.4 is 0 Å². The van der Waals surface area contributed by atoms with Crippen LogP contribution in [0.25, 0.3) is 0 Å². The number of carboxylic acid groups (broad SMARTS) is 2. The van der Waals surface area contributed by atoms with Gasteiger partial charge in [-0.15, -0.1) is 0 Å². The molecule has 0 aliphatic rings. The number of rotatable bonds is 4. The Hall–Kier alpha value is -2.15. The maximum Gasteiger partial charge on any atom is 0.335 e. The van der Waals surface area contributed by atoms with Crippen molar-refractivity contribution in [1.82, 2.24) is 0 Å². The number of carboxylic acids is 2. The van der Waals surface area contributed by atoms with Gasteiger partial charge in [-0.05, 0) is 48.5 Å². The molecule has 116 valence electrons. The maximum atomic E-state index is 12.3. The van der Waals surface area contributed by atoms with Gasteiger partial charge in [0.1, 0.15) is 0 Å². The molecule has 0 saturated heterocycles. The molecule has 0 unspecified atom stereocenters. The standard InChI is InChI=1S/C14H10O6S.Fe/c15-13(16)9-1-5-11(6-2-9)21(19,20)12-7-3-10(4-8-12)14(17)18;/h1-8H,(H,15,16)(H,17,18);. The molecule has 0 amide bonds. The van der Waals surface area contributed by atoms with Gasteiger partial charge in [0.2, 0.25) is 9.84 Å². The van der Waals surface area contributed by atoms with Crippen LogP contribution in [0.5, 0.6) is 0 Å². The molecule has 0 radical (unpaired) electrons.